The number of carbonyl (C=O) groups excluding carboxylic acids is 1. The fraction of sp³-hybridized carbons (Fsp3) is 0.286. The van der Waals surface area contributed by atoms with Crippen LogP contribution in [0.1, 0.15) is 28.9 Å². The van der Waals surface area contributed by atoms with Gasteiger partial charge < -0.3 is 16.0 Å². The van der Waals surface area contributed by atoms with Crippen LogP contribution in [-0.4, -0.2) is 16.4 Å². The predicted molar refractivity (Wildman–Crippen MR) is 80.0 cm³/mol. The highest BCUT2D eigenvalue weighted by Gasteiger charge is 2.20. The first kappa shape index (κ1) is 13.0. The SMILES string of the molecule is NC(N)=NC(=O)c1cc2c(Cl)ccc3c2n1CCCC3. The number of aryl methyl sites for hydroxylation is 2. The van der Waals surface area contributed by atoms with Crippen LogP contribution in [0, 0.1) is 0 Å². The quantitative estimate of drug-likeness (QED) is 0.622. The second-order valence-corrected chi connectivity index (χ2v) is 5.36. The number of hydrogen-bond acceptors (Lipinski definition) is 1. The number of benzene rings is 1. The van der Waals surface area contributed by atoms with Gasteiger partial charge in [0.05, 0.1) is 5.52 Å². The van der Waals surface area contributed by atoms with Gasteiger partial charge in [0.2, 0.25) is 0 Å². The molecule has 0 saturated heterocycles. The van der Waals surface area contributed by atoms with Crippen molar-refractivity contribution in [2.24, 2.45) is 16.5 Å². The standard InChI is InChI=1S/C14H15ClN4O/c15-10-5-4-8-3-1-2-6-19-11(7-9(10)12(8)19)13(20)18-14(16)17/h4-5,7H,1-3,6H2,(H4,16,17,18,20). The molecule has 4 N–H and O–H groups in total. The van der Waals surface area contributed by atoms with Crippen molar-refractivity contribution in [2.45, 2.75) is 25.8 Å². The highest BCUT2D eigenvalue weighted by atomic mass is 35.5. The Kier molecular flexibility index (Phi) is 3.14. The normalized spacial score (nSPS) is 14.1. The van der Waals surface area contributed by atoms with E-state index in [1.165, 1.54) is 5.56 Å². The topological polar surface area (TPSA) is 86.4 Å². The molecule has 1 aliphatic rings. The summed E-state index contributed by atoms with van der Waals surface area (Å²) in [5.41, 5.74) is 13.3. The zero-order chi connectivity index (χ0) is 14.3. The third-order valence-corrected chi connectivity index (χ3v) is 3.95. The third-order valence-electron chi connectivity index (χ3n) is 3.62. The second-order valence-electron chi connectivity index (χ2n) is 4.95. The van der Waals surface area contributed by atoms with E-state index in [4.69, 9.17) is 23.1 Å². The Morgan fingerprint density at radius 2 is 2.10 bits per heavy atom. The predicted octanol–water partition coefficient (Wildman–Crippen LogP) is 2.04. The fourth-order valence-electron chi connectivity index (χ4n) is 2.79. The lowest BCUT2D eigenvalue weighted by atomic mass is 10.1. The van der Waals surface area contributed by atoms with Crippen LogP contribution in [0.2, 0.25) is 5.02 Å². The summed E-state index contributed by atoms with van der Waals surface area (Å²) < 4.78 is 1.98. The van der Waals surface area contributed by atoms with E-state index in [9.17, 15) is 4.79 Å². The van der Waals surface area contributed by atoms with Crippen molar-refractivity contribution in [3.63, 3.8) is 0 Å². The van der Waals surface area contributed by atoms with Crippen molar-refractivity contribution in [3.8, 4) is 0 Å². The van der Waals surface area contributed by atoms with E-state index in [1.54, 1.807) is 6.07 Å². The van der Waals surface area contributed by atoms with E-state index in [-0.39, 0.29) is 5.96 Å². The summed E-state index contributed by atoms with van der Waals surface area (Å²) in [6.07, 6.45) is 3.10. The van der Waals surface area contributed by atoms with Gasteiger partial charge in [0, 0.05) is 17.0 Å². The zero-order valence-corrected chi connectivity index (χ0v) is 11.7. The number of nitrogens with two attached hydrogens (primary N) is 2. The van der Waals surface area contributed by atoms with Crippen LogP contribution >= 0.6 is 11.6 Å². The van der Waals surface area contributed by atoms with Crippen LogP contribution in [0.4, 0.5) is 0 Å². The molecule has 3 rings (SSSR count). The summed E-state index contributed by atoms with van der Waals surface area (Å²) in [4.78, 5) is 15.8. The lowest BCUT2D eigenvalue weighted by molar-refractivity contribution is 0.0994. The molecule has 0 fully saturated rings. The molecule has 0 saturated carbocycles. The molecule has 1 aromatic carbocycles. The van der Waals surface area contributed by atoms with E-state index in [0.29, 0.717) is 10.7 Å². The lowest BCUT2D eigenvalue weighted by Crippen LogP contribution is -2.24. The maximum atomic E-state index is 12.2. The third kappa shape index (κ3) is 2.04. The molecular formula is C14H15ClN4O. The molecule has 2 aromatic rings. The van der Waals surface area contributed by atoms with Crippen LogP contribution in [-0.2, 0) is 13.0 Å². The van der Waals surface area contributed by atoms with Crippen LogP contribution in [0.15, 0.2) is 23.2 Å². The fourth-order valence-corrected chi connectivity index (χ4v) is 3.00. The van der Waals surface area contributed by atoms with Crippen molar-refractivity contribution in [1.29, 1.82) is 0 Å². The van der Waals surface area contributed by atoms with Gasteiger partial charge in [0.15, 0.2) is 5.96 Å². The van der Waals surface area contributed by atoms with Crippen molar-refractivity contribution in [3.05, 3.63) is 34.5 Å². The minimum atomic E-state index is -0.426. The Labute approximate surface area is 121 Å². The van der Waals surface area contributed by atoms with Gasteiger partial charge in [-0.15, -0.1) is 0 Å². The molecule has 6 heteroatoms. The number of carbonyl (C=O) groups is 1. The van der Waals surface area contributed by atoms with Gasteiger partial charge in [0.1, 0.15) is 5.69 Å². The molecule has 104 valence electrons. The van der Waals surface area contributed by atoms with Gasteiger partial charge in [-0.1, -0.05) is 17.7 Å². The molecule has 0 unspecified atom stereocenters. The summed E-state index contributed by atoms with van der Waals surface area (Å²) in [5.74, 6) is -0.655. The van der Waals surface area contributed by atoms with E-state index in [2.05, 4.69) is 4.99 Å². The van der Waals surface area contributed by atoms with E-state index < -0.39 is 5.91 Å². The van der Waals surface area contributed by atoms with Gasteiger partial charge in [-0.25, -0.2) is 0 Å². The zero-order valence-electron chi connectivity index (χ0n) is 10.9. The Balaban J connectivity index is 2.28. The van der Waals surface area contributed by atoms with Crippen molar-refractivity contribution >= 4 is 34.4 Å². The average molecular weight is 291 g/mol. The molecule has 0 radical (unpaired) electrons. The summed E-state index contributed by atoms with van der Waals surface area (Å²) in [5, 5.41) is 1.53. The number of guanidine groups is 1. The van der Waals surface area contributed by atoms with Gasteiger partial charge in [-0.3, -0.25) is 4.79 Å². The minimum Gasteiger partial charge on any atom is -0.370 e. The smallest absolute Gasteiger partial charge is 0.296 e. The Bertz CT molecular complexity index is 728. The first-order chi connectivity index (χ1) is 9.58. The summed E-state index contributed by atoms with van der Waals surface area (Å²) in [6.45, 7) is 0.776. The molecule has 2 heterocycles. The maximum Gasteiger partial charge on any atom is 0.296 e. The molecule has 0 aliphatic carbocycles. The van der Waals surface area contributed by atoms with E-state index in [1.807, 2.05) is 16.7 Å². The van der Waals surface area contributed by atoms with Crippen LogP contribution < -0.4 is 11.5 Å². The highest BCUT2D eigenvalue weighted by molar-refractivity contribution is 6.35. The number of hydrogen-bond donors (Lipinski definition) is 2. The van der Waals surface area contributed by atoms with Gasteiger partial charge in [0.25, 0.3) is 5.91 Å². The van der Waals surface area contributed by atoms with Crippen molar-refractivity contribution in [1.82, 2.24) is 4.57 Å². The first-order valence-electron chi connectivity index (χ1n) is 6.52. The minimum absolute atomic E-state index is 0.229. The molecule has 1 amide bonds. The molecule has 5 nitrogen and oxygen atoms in total. The molecule has 0 bridgehead atoms. The van der Waals surface area contributed by atoms with Crippen molar-refractivity contribution in [2.75, 3.05) is 0 Å². The number of nitrogens with zero attached hydrogens (tertiary/aromatic N) is 2. The second kappa shape index (κ2) is 4.83. The number of halogens is 1. The maximum absolute atomic E-state index is 12.2. The molecule has 0 spiro atoms. The first-order valence-corrected chi connectivity index (χ1v) is 6.90. The summed E-state index contributed by atoms with van der Waals surface area (Å²) in [7, 11) is 0. The number of rotatable bonds is 1. The average Bonchev–Trinajstić information content (AvgIpc) is 2.64. The van der Waals surface area contributed by atoms with Crippen molar-refractivity contribution < 1.29 is 4.79 Å². The van der Waals surface area contributed by atoms with E-state index in [0.717, 1.165) is 36.7 Å². The van der Waals surface area contributed by atoms with Gasteiger partial charge in [-0.2, -0.15) is 4.99 Å². The van der Waals surface area contributed by atoms with Gasteiger partial charge in [-0.05, 0) is 37.0 Å². The Morgan fingerprint density at radius 1 is 1.30 bits per heavy atom. The van der Waals surface area contributed by atoms with Crippen LogP contribution in [0.3, 0.4) is 0 Å². The number of aromatic nitrogens is 1. The molecule has 1 aromatic heterocycles. The van der Waals surface area contributed by atoms with E-state index >= 15 is 0 Å². The van der Waals surface area contributed by atoms with Crippen LogP contribution in [0.25, 0.3) is 10.9 Å². The van der Waals surface area contributed by atoms with Crippen LogP contribution in [0.5, 0.6) is 0 Å². The Hall–Kier alpha value is -2.01. The number of aliphatic imine (C=N–C) groups is 1. The molecule has 20 heavy (non-hydrogen) atoms. The summed E-state index contributed by atoms with van der Waals surface area (Å²) >= 11 is 6.25. The molecular weight excluding hydrogens is 276 g/mol. The number of amides is 1. The summed E-state index contributed by atoms with van der Waals surface area (Å²) in [6, 6.07) is 5.69. The molecule has 1 aliphatic heterocycles. The molecule has 0 atom stereocenters. The van der Waals surface area contributed by atoms with Gasteiger partial charge >= 0.3 is 0 Å². The highest BCUT2D eigenvalue weighted by Crippen LogP contribution is 2.33. The largest absolute Gasteiger partial charge is 0.370 e. The monoisotopic (exact) mass is 290 g/mol. The lowest BCUT2D eigenvalue weighted by Gasteiger charge is -2.07. The Morgan fingerprint density at radius 3 is 2.85 bits per heavy atom.